The number of hydrogen-bond donors (Lipinski definition) is 1. The molecule has 0 saturated carbocycles. The first-order chi connectivity index (χ1) is 12.9. The first kappa shape index (κ1) is 19.0. The van der Waals surface area contributed by atoms with Crippen LogP contribution in [0.2, 0.25) is 0 Å². The van der Waals surface area contributed by atoms with E-state index in [0.717, 1.165) is 12.3 Å². The van der Waals surface area contributed by atoms with E-state index in [2.05, 4.69) is 10.3 Å². The number of anilines is 1. The lowest BCUT2D eigenvalue weighted by molar-refractivity contribution is -0.137. The first-order valence-corrected chi connectivity index (χ1v) is 8.67. The van der Waals surface area contributed by atoms with Crippen molar-refractivity contribution in [3.05, 3.63) is 54.2 Å². The second-order valence-corrected chi connectivity index (χ2v) is 6.33. The van der Waals surface area contributed by atoms with E-state index in [-0.39, 0.29) is 18.6 Å². The van der Waals surface area contributed by atoms with Crippen molar-refractivity contribution in [2.75, 3.05) is 24.6 Å². The number of piperidine rings is 1. The second kappa shape index (κ2) is 8.28. The standard InChI is InChI=1S/C19H20F3N3O2/c20-19(21,22)14-6-7-17(23-12-14)25-10-8-15(9-11-25)24-18(26)13-27-16-4-2-1-3-5-16/h1-7,12,15H,8-11,13H2,(H,24,26). The number of benzene rings is 1. The Morgan fingerprint density at radius 1 is 1.15 bits per heavy atom. The monoisotopic (exact) mass is 379 g/mol. The van der Waals surface area contributed by atoms with Crippen LogP contribution in [0.5, 0.6) is 5.75 Å². The zero-order valence-electron chi connectivity index (χ0n) is 14.6. The number of ether oxygens (including phenoxy) is 1. The fourth-order valence-electron chi connectivity index (χ4n) is 2.93. The van der Waals surface area contributed by atoms with E-state index in [9.17, 15) is 18.0 Å². The van der Waals surface area contributed by atoms with Gasteiger partial charge in [-0.15, -0.1) is 0 Å². The minimum atomic E-state index is -4.38. The van der Waals surface area contributed by atoms with Crippen LogP contribution in [0.3, 0.4) is 0 Å². The zero-order chi connectivity index (χ0) is 19.3. The fraction of sp³-hybridized carbons (Fsp3) is 0.368. The molecule has 1 aliphatic heterocycles. The molecule has 0 bridgehead atoms. The third-order valence-electron chi connectivity index (χ3n) is 4.37. The molecule has 0 aliphatic carbocycles. The van der Waals surface area contributed by atoms with Crippen molar-refractivity contribution in [2.24, 2.45) is 0 Å². The number of hydrogen-bond acceptors (Lipinski definition) is 4. The van der Waals surface area contributed by atoms with Gasteiger partial charge in [0.1, 0.15) is 11.6 Å². The highest BCUT2D eigenvalue weighted by Crippen LogP contribution is 2.29. The van der Waals surface area contributed by atoms with Gasteiger partial charge in [0.25, 0.3) is 5.91 Å². The minimum absolute atomic E-state index is 0.0163. The number of pyridine rings is 1. The van der Waals surface area contributed by atoms with Crippen LogP contribution in [0.4, 0.5) is 19.0 Å². The summed E-state index contributed by atoms with van der Waals surface area (Å²) in [5.74, 6) is 0.959. The largest absolute Gasteiger partial charge is 0.484 e. The van der Waals surface area contributed by atoms with E-state index in [1.807, 2.05) is 23.1 Å². The lowest BCUT2D eigenvalue weighted by atomic mass is 10.0. The Hall–Kier alpha value is -2.77. The van der Waals surface area contributed by atoms with Crippen LogP contribution in [0.1, 0.15) is 18.4 Å². The highest BCUT2D eigenvalue weighted by Gasteiger charge is 2.31. The van der Waals surface area contributed by atoms with Crippen molar-refractivity contribution in [1.82, 2.24) is 10.3 Å². The van der Waals surface area contributed by atoms with Gasteiger partial charge < -0.3 is 15.0 Å². The number of rotatable bonds is 5. The van der Waals surface area contributed by atoms with Gasteiger partial charge in [0.15, 0.2) is 6.61 Å². The normalized spacial score (nSPS) is 15.4. The van der Waals surface area contributed by atoms with Crippen molar-refractivity contribution >= 4 is 11.7 Å². The molecular formula is C19H20F3N3O2. The predicted molar refractivity (Wildman–Crippen MR) is 94.6 cm³/mol. The number of nitrogens with one attached hydrogen (secondary N) is 1. The minimum Gasteiger partial charge on any atom is -0.484 e. The topological polar surface area (TPSA) is 54.5 Å². The summed E-state index contributed by atoms with van der Waals surface area (Å²) in [5.41, 5.74) is -0.758. The van der Waals surface area contributed by atoms with Crippen LogP contribution in [0, 0.1) is 0 Å². The van der Waals surface area contributed by atoms with Crippen molar-refractivity contribution in [1.29, 1.82) is 0 Å². The van der Waals surface area contributed by atoms with Crippen LogP contribution in [-0.2, 0) is 11.0 Å². The maximum Gasteiger partial charge on any atom is 0.417 e. The van der Waals surface area contributed by atoms with Crippen LogP contribution in [0.15, 0.2) is 48.7 Å². The lowest BCUT2D eigenvalue weighted by Gasteiger charge is -2.33. The van der Waals surface area contributed by atoms with E-state index < -0.39 is 11.7 Å². The Bertz CT molecular complexity index is 743. The van der Waals surface area contributed by atoms with Crippen LogP contribution in [-0.4, -0.2) is 36.6 Å². The van der Waals surface area contributed by atoms with Crippen LogP contribution < -0.4 is 15.0 Å². The number of aromatic nitrogens is 1. The molecule has 5 nitrogen and oxygen atoms in total. The van der Waals surface area contributed by atoms with Crippen LogP contribution >= 0.6 is 0 Å². The Morgan fingerprint density at radius 3 is 2.44 bits per heavy atom. The van der Waals surface area contributed by atoms with Crippen molar-refractivity contribution < 1.29 is 22.7 Å². The average Bonchev–Trinajstić information content (AvgIpc) is 2.67. The van der Waals surface area contributed by atoms with Gasteiger partial charge in [-0.3, -0.25) is 4.79 Å². The summed E-state index contributed by atoms with van der Waals surface area (Å²) in [6, 6.07) is 11.5. The van der Waals surface area contributed by atoms with Gasteiger partial charge in [-0.2, -0.15) is 13.2 Å². The number of halogens is 3. The number of para-hydroxylation sites is 1. The van der Waals surface area contributed by atoms with E-state index in [1.165, 1.54) is 6.07 Å². The maximum absolute atomic E-state index is 12.6. The molecule has 1 aromatic heterocycles. The molecule has 1 N–H and O–H groups in total. The predicted octanol–water partition coefficient (Wildman–Crippen LogP) is 3.26. The quantitative estimate of drug-likeness (QED) is 0.867. The number of carbonyl (C=O) groups is 1. The second-order valence-electron chi connectivity index (χ2n) is 6.33. The molecule has 0 spiro atoms. The summed E-state index contributed by atoms with van der Waals surface area (Å²) in [5, 5.41) is 2.93. The Kier molecular flexibility index (Phi) is 5.83. The van der Waals surface area contributed by atoms with Crippen molar-refractivity contribution in [3.8, 4) is 5.75 Å². The molecule has 1 amide bonds. The van der Waals surface area contributed by atoms with Gasteiger partial charge in [-0.05, 0) is 37.1 Å². The van der Waals surface area contributed by atoms with E-state index >= 15 is 0 Å². The molecule has 27 heavy (non-hydrogen) atoms. The average molecular weight is 379 g/mol. The highest BCUT2D eigenvalue weighted by molar-refractivity contribution is 5.77. The smallest absolute Gasteiger partial charge is 0.417 e. The molecular weight excluding hydrogens is 359 g/mol. The molecule has 1 fully saturated rings. The SMILES string of the molecule is O=C(COc1ccccc1)NC1CCN(c2ccc(C(F)(F)F)cn2)CC1. The van der Waals surface area contributed by atoms with Gasteiger partial charge in [-0.1, -0.05) is 18.2 Å². The number of amides is 1. The summed E-state index contributed by atoms with van der Waals surface area (Å²) >= 11 is 0. The molecule has 1 saturated heterocycles. The number of nitrogens with zero attached hydrogens (tertiary/aromatic N) is 2. The van der Waals surface area contributed by atoms with Gasteiger partial charge >= 0.3 is 6.18 Å². The summed E-state index contributed by atoms with van der Waals surface area (Å²) in [6.07, 6.45) is -2.14. The van der Waals surface area contributed by atoms with E-state index in [1.54, 1.807) is 12.1 Å². The lowest BCUT2D eigenvalue weighted by Crippen LogP contribution is -2.46. The summed E-state index contributed by atoms with van der Waals surface area (Å²) < 4.78 is 43.2. The molecule has 3 rings (SSSR count). The molecule has 8 heteroatoms. The number of carbonyl (C=O) groups excluding carboxylic acids is 1. The zero-order valence-corrected chi connectivity index (χ0v) is 14.6. The summed E-state index contributed by atoms with van der Waals surface area (Å²) in [7, 11) is 0. The van der Waals surface area contributed by atoms with E-state index in [4.69, 9.17) is 4.74 Å². The van der Waals surface area contributed by atoms with Crippen LogP contribution in [0.25, 0.3) is 0 Å². The maximum atomic E-state index is 12.6. The molecule has 0 radical (unpaired) electrons. The Morgan fingerprint density at radius 2 is 1.85 bits per heavy atom. The fourth-order valence-corrected chi connectivity index (χ4v) is 2.93. The Labute approximate surface area is 155 Å². The molecule has 2 aromatic rings. The third-order valence-corrected chi connectivity index (χ3v) is 4.37. The molecule has 1 aromatic carbocycles. The Balaban J connectivity index is 1.44. The molecule has 0 atom stereocenters. The van der Waals surface area contributed by atoms with E-state index in [0.29, 0.717) is 37.5 Å². The van der Waals surface area contributed by atoms with Crippen molar-refractivity contribution in [3.63, 3.8) is 0 Å². The molecule has 144 valence electrons. The number of alkyl halides is 3. The molecule has 0 unspecified atom stereocenters. The summed E-state index contributed by atoms with van der Waals surface area (Å²) in [4.78, 5) is 17.8. The third kappa shape index (κ3) is 5.35. The van der Waals surface area contributed by atoms with Gasteiger partial charge in [-0.25, -0.2) is 4.98 Å². The molecule has 1 aliphatic rings. The molecule has 2 heterocycles. The van der Waals surface area contributed by atoms with Gasteiger partial charge in [0, 0.05) is 25.3 Å². The highest BCUT2D eigenvalue weighted by atomic mass is 19.4. The van der Waals surface area contributed by atoms with Crippen molar-refractivity contribution in [2.45, 2.75) is 25.1 Å². The van der Waals surface area contributed by atoms with Gasteiger partial charge in [0.2, 0.25) is 0 Å². The first-order valence-electron chi connectivity index (χ1n) is 8.67. The summed E-state index contributed by atoms with van der Waals surface area (Å²) in [6.45, 7) is 1.18. The van der Waals surface area contributed by atoms with Gasteiger partial charge in [0.05, 0.1) is 5.56 Å².